The van der Waals surface area contributed by atoms with Crippen LogP contribution in [0.25, 0.3) is 0 Å². The molecule has 0 bridgehead atoms. The first-order chi connectivity index (χ1) is 14.2. The molecule has 3 aromatic rings. The number of anilines is 1. The van der Waals surface area contributed by atoms with Crippen LogP contribution in [-0.2, 0) is 29.1 Å². The van der Waals surface area contributed by atoms with Gasteiger partial charge in [-0.1, -0.05) is 36.4 Å². The van der Waals surface area contributed by atoms with Crippen molar-refractivity contribution >= 4 is 17.5 Å². The van der Waals surface area contributed by atoms with Gasteiger partial charge in [0.2, 0.25) is 11.8 Å². The van der Waals surface area contributed by atoms with Crippen molar-refractivity contribution in [3.63, 3.8) is 0 Å². The van der Waals surface area contributed by atoms with E-state index in [1.165, 1.54) is 0 Å². The number of nitrogens with zero attached hydrogens (tertiary/aromatic N) is 3. The molecular weight excluding hydrogens is 364 g/mol. The number of nitrogens with one attached hydrogen (secondary N) is 1. The predicted octanol–water partition coefficient (Wildman–Crippen LogP) is 2.92. The number of aromatic nitrogens is 2. The Morgan fingerprint density at radius 1 is 1.03 bits per heavy atom. The number of hydrogen-bond donors (Lipinski definition) is 1. The van der Waals surface area contributed by atoms with Gasteiger partial charge >= 0.3 is 0 Å². The van der Waals surface area contributed by atoms with E-state index < -0.39 is 0 Å². The van der Waals surface area contributed by atoms with Gasteiger partial charge < -0.3 is 10.2 Å². The van der Waals surface area contributed by atoms with Gasteiger partial charge in [-0.05, 0) is 41.3 Å². The highest BCUT2D eigenvalue weighted by atomic mass is 16.2. The van der Waals surface area contributed by atoms with Gasteiger partial charge in [0.05, 0.1) is 13.0 Å². The van der Waals surface area contributed by atoms with Crippen LogP contribution in [0.5, 0.6) is 0 Å². The van der Waals surface area contributed by atoms with Crippen molar-refractivity contribution in [2.24, 2.45) is 0 Å². The lowest BCUT2D eigenvalue weighted by Crippen LogP contribution is -2.25. The molecule has 2 aromatic carbocycles. The van der Waals surface area contributed by atoms with Gasteiger partial charge in [-0.25, -0.2) is 0 Å². The smallest absolute Gasteiger partial charge is 0.227 e. The highest BCUT2D eigenvalue weighted by Gasteiger charge is 2.21. The fourth-order valence-corrected chi connectivity index (χ4v) is 3.61. The second-order valence-corrected chi connectivity index (χ2v) is 7.24. The van der Waals surface area contributed by atoms with Gasteiger partial charge in [0, 0.05) is 37.6 Å². The van der Waals surface area contributed by atoms with Crippen molar-refractivity contribution in [1.82, 2.24) is 15.1 Å². The number of benzene rings is 2. The van der Waals surface area contributed by atoms with Gasteiger partial charge in [-0.15, -0.1) is 0 Å². The van der Waals surface area contributed by atoms with Crippen LogP contribution in [0.15, 0.2) is 67.0 Å². The molecule has 1 N–H and O–H groups in total. The molecule has 1 aliphatic rings. The Hall–Kier alpha value is -3.41. The minimum atomic E-state index is -0.0242. The van der Waals surface area contributed by atoms with Crippen LogP contribution in [0.3, 0.4) is 0 Å². The van der Waals surface area contributed by atoms with E-state index in [2.05, 4.69) is 16.5 Å². The van der Waals surface area contributed by atoms with Gasteiger partial charge in [0.1, 0.15) is 0 Å². The molecule has 1 aliphatic heterocycles. The zero-order valence-corrected chi connectivity index (χ0v) is 16.3. The first kappa shape index (κ1) is 18.9. The van der Waals surface area contributed by atoms with Crippen LogP contribution in [0.4, 0.5) is 5.69 Å². The molecule has 2 heterocycles. The van der Waals surface area contributed by atoms with E-state index >= 15 is 0 Å². The molecule has 0 saturated carbocycles. The van der Waals surface area contributed by atoms with E-state index in [9.17, 15) is 9.59 Å². The minimum Gasteiger partial charge on any atom is -0.352 e. The lowest BCUT2D eigenvalue weighted by atomic mass is 10.1. The average molecular weight is 388 g/mol. The molecule has 2 amide bonds. The van der Waals surface area contributed by atoms with Gasteiger partial charge in [-0.3, -0.25) is 14.3 Å². The number of carbonyl (C=O) groups is 2. The third kappa shape index (κ3) is 4.71. The van der Waals surface area contributed by atoms with Crippen molar-refractivity contribution in [3.05, 3.63) is 83.7 Å². The molecule has 0 unspecified atom stereocenters. The topological polar surface area (TPSA) is 67.2 Å². The van der Waals surface area contributed by atoms with Gasteiger partial charge in [-0.2, -0.15) is 5.10 Å². The monoisotopic (exact) mass is 388 g/mol. The van der Waals surface area contributed by atoms with Crippen LogP contribution < -0.4 is 10.2 Å². The molecule has 0 aliphatic carbocycles. The maximum Gasteiger partial charge on any atom is 0.227 e. The van der Waals surface area contributed by atoms with Crippen LogP contribution in [0, 0.1) is 0 Å². The Kier molecular flexibility index (Phi) is 5.70. The minimum absolute atomic E-state index is 0.0242. The fraction of sp³-hybridized carbons (Fsp3) is 0.261. The molecule has 1 saturated heterocycles. The molecule has 1 fully saturated rings. The summed E-state index contributed by atoms with van der Waals surface area (Å²) in [4.78, 5) is 26.1. The van der Waals surface area contributed by atoms with E-state index in [-0.39, 0.29) is 11.8 Å². The summed E-state index contributed by atoms with van der Waals surface area (Å²) in [5.74, 6) is 0.146. The molecule has 0 atom stereocenters. The van der Waals surface area contributed by atoms with Crippen LogP contribution in [0.2, 0.25) is 0 Å². The Morgan fingerprint density at radius 3 is 2.52 bits per heavy atom. The summed E-state index contributed by atoms with van der Waals surface area (Å²) in [7, 11) is 0. The number of rotatable bonds is 7. The first-order valence-electron chi connectivity index (χ1n) is 9.89. The molecule has 148 valence electrons. The Balaban J connectivity index is 1.33. The molecule has 6 heteroatoms. The average Bonchev–Trinajstić information content (AvgIpc) is 3.40. The van der Waals surface area contributed by atoms with Crippen LogP contribution in [0.1, 0.15) is 29.5 Å². The van der Waals surface area contributed by atoms with E-state index in [0.717, 1.165) is 35.3 Å². The van der Waals surface area contributed by atoms with E-state index in [4.69, 9.17) is 0 Å². The molecule has 0 spiro atoms. The quantitative estimate of drug-likeness (QED) is 0.677. The highest BCUT2D eigenvalue weighted by Crippen LogP contribution is 2.21. The third-order valence-electron chi connectivity index (χ3n) is 5.17. The predicted molar refractivity (Wildman–Crippen MR) is 111 cm³/mol. The first-order valence-corrected chi connectivity index (χ1v) is 9.89. The third-order valence-corrected chi connectivity index (χ3v) is 5.17. The maximum atomic E-state index is 12.4. The fourth-order valence-electron chi connectivity index (χ4n) is 3.61. The standard InChI is InChI=1S/C23H24N4O2/c28-22(15-18-8-10-21(11-9-18)27-14-3-7-23(27)29)24-16-19-5-1-2-6-20(19)17-26-13-4-12-25-26/h1-2,4-6,8-13H,3,7,14-17H2,(H,24,28). The summed E-state index contributed by atoms with van der Waals surface area (Å²) in [5.41, 5.74) is 4.06. The van der Waals surface area contributed by atoms with Crippen molar-refractivity contribution in [2.45, 2.75) is 32.4 Å². The van der Waals surface area contributed by atoms with Crippen molar-refractivity contribution in [1.29, 1.82) is 0 Å². The summed E-state index contributed by atoms with van der Waals surface area (Å²) in [6.07, 6.45) is 5.52. The Morgan fingerprint density at radius 2 is 1.83 bits per heavy atom. The Labute approximate surface area is 170 Å². The van der Waals surface area contributed by atoms with Crippen molar-refractivity contribution in [3.8, 4) is 0 Å². The molecule has 1 aromatic heterocycles. The maximum absolute atomic E-state index is 12.4. The lowest BCUT2D eigenvalue weighted by Gasteiger charge is -2.16. The van der Waals surface area contributed by atoms with Gasteiger partial charge in [0.15, 0.2) is 0 Å². The summed E-state index contributed by atoms with van der Waals surface area (Å²) in [6.45, 7) is 1.93. The summed E-state index contributed by atoms with van der Waals surface area (Å²) >= 11 is 0. The summed E-state index contributed by atoms with van der Waals surface area (Å²) < 4.78 is 1.87. The van der Waals surface area contributed by atoms with Gasteiger partial charge in [0.25, 0.3) is 0 Å². The number of amides is 2. The second kappa shape index (κ2) is 8.73. The summed E-state index contributed by atoms with van der Waals surface area (Å²) in [5, 5.41) is 7.26. The number of hydrogen-bond acceptors (Lipinski definition) is 3. The second-order valence-electron chi connectivity index (χ2n) is 7.24. The zero-order chi connectivity index (χ0) is 20.1. The SMILES string of the molecule is O=C(Cc1ccc(N2CCCC2=O)cc1)NCc1ccccc1Cn1cccn1. The number of carbonyl (C=O) groups excluding carboxylic acids is 2. The molecular formula is C23H24N4O2. The molecule has 29 heavy (non-hydrogen) atoms. The van der Waals surface area contributed by atoms with Crippen LogP contribution in [-0.4, -0.2) is 28.1 Å². The van der Waals surface area contributed by atoms with Crippen molar-refractivity contribution < 1.29 is 9.59 Å². The Bertz CT molecular complexity index is 980. The zero-order valence-electron chi connectivity index (χ0n) is 16.3. The van der Waals surface area contributed by atoms with Crippen molar-refractivity contribution in [2.75, 3.05) is 11.4 Å². The van der Waals surface area contributed by atoms with Crippen LogP contribution >= 0.6 is 0 Å². The normalized spacial score (nSPS) is 13.7. The van der Waals surface area contributed by atoms with E-state index in [0.29, 0.717) is 25.9 Å². The van der Waals surface area contributed by atoms with E-state index in [1.54, 1.807) is 11.1 Å². The molecule has 6 nitrogen and oxygen atoms in total. The largest absolute Gasteiger partial charge is 0.352 e. The summed E-state index contributed by atoms with van der Waals surface area (Å²) in [6, 6.07) is 17.6. The van der Waals surface area contributed by atoms with E-state index in [1.807, 2.05) is 59.4 Å². The highest BCUT2D eigenvalue weighted by molar-refractivity contribution is 5.95. The molecule has 4 rings (SSSR count). The lowest BCUT2D eigenvalue weighted by molar-refractivity contribution is -0.120. The molecule has 0 radical (unpaired) electrons.